The third-order valence-electron chi connectivity index (χ3n) is 1.94. The number of carbonyl (C=O) groups is 1. The van der Waals surface area contributed by atoms with E-state index in [-0.39, 0.29) is 6.07 Å². The number of halogens is 8. The van der Waals surface area contributed by atoms with Crippen molar-refractivity contribution in [2.24, 2.45) is 0 Å². The molecule has 0 saturated heterocycles. The zero-order valence-electron chi connectivity index (χ0n) is 9.07. The fourth-order valence-electron chi connectivity index (χ4n) is 1.22. The summed E-state index contributed by atoms with van der Waals surface area (Å²) in [6.45, 7) is 0. The van der Waals surface area contributed by atoms with Gasteiger partial charge in [-0.25, -0.2) is 4.98 Å². The smallest absolute Gasteiger partial charge is 0.388 e. The fourth-order valence-corrected chi connectivity index (χ4v) is 1.86. The highest BCUT2D eigenvalue weighted by Crippen LogP contribution is 2.38. The summed E-state index contributed by atoms with van der Waals surface area (Å²) in [5.74, 6) is -1.38. The van der Waals surface area contributed by atoms with Gasteiger partial charge in [0.15, 0.2) is 0 Å². The molecule has 0 aromatic carbocycles. The minimum atomic E-state index is -5.26. The first-order chi connectivity index (χ1) is 8.95. The summed E-state index contributed by atoms with van der Waals surface area (Å²) in [6, 6.07) is 0.259. The van der Waals surface area contributed by atoms with Crippen LogP contribution in [0.3, 0.4) is 0 Å². The molecule has 0 aliphatic carbocycles. The lowest BCUT2D eigenvalue weighted by Gasteiger charge is -2.17. The summed E-state index contributed by atoms with van der Waals surface area (Å²) in [7, 11) is 0. The first kappa shape index (κ1) is 17.0. The molecule has 0 saturated carbocycles. The van der Waals surface area contributed by atoms with Crippen molar-refractivity contribution >= 4 is 32.8 Å². The Morgan fingerprint density at radius 2 is 1.85 bits per heavy atom. The molecule has 0 aliphatic heterocycles. The van der Waals surface area contributed by atoms with E-state index in [1.54, 1.807) is 0 Å². The van der Waals surface area contributed by atoms with Crippen LogP contribution in [0.1, 0.15) is 21.6 Å². The van der Waals surface area contributed by atoms with Gasteiger partial charge in [-0.3, -0.25) is 4.79 Å². The van der Waals surface area contributed by atoms with Crippen molar-refractivity contribution in [2.45, 2.75) is 17.9 Å². The fraction of sp³-hybridized carbons (Fsp3) is 0.333. The van der Waals surface area contributed by atoms with Gasteiger partial charge >= 0.3 is 12.5 Å². The van der Waals surface area contributed by atoms with Crippen LogP contribution in [0.5, 0.6) is 5.88 Å². The number of nitrogens with zero attached hydrogens (tertiary/aromatic N) is 1. The van der Waals surface area contributed by atoms with Crippen LogP contribution in [-0.2, 0) is 11.5 Å². The number of hydrogen-bond acceptors (Lipinski definition) is 3. The lowest BCUT2D eigenvalue weighted by molar-refractivity contribution is -0.276. The third-order valence-corrected chi connectivity index (χ3v) is 2.69. The Balaban J connectivity index is 3.55. The summed E-state index contributed by atoms with van der Waals surface area (Å²) in [4.78, 5) is 13.9. The molecule has 0 spiro atoms. The van der Waals surface area contributed by atoms with Crippen molar-refractivity contribution in [1.29, 1.82) is 0 Å². The van der Waals surface area contributed by atoms with E-state index in [1.807, 2.05) is 0 Å². The molecule has 1 heterocycles. The first-order valence-corrected chi connectivity index (χ1v) is 6.08. The second-order valence-electron chi connectivity index (χ2n) is 3.29. The normalized spacial score (nSPS) is 12.4. The summed E-state index contributed by atoms with van der Waals surface area (Å²) in [5.41, 5.74) is -3.38. The summed E-state index contributed by atoms with van der Waals surface area (Å²) in [6.07, 6.45) is -10.3. The van der Waals surface area contributed by atoms with E-state index >= 15 is 0 Å². The Labute approximate surface area is 121 Å². The van der Waals surface area contributed by atoms with E-state index in [0.717, 1.165) is 0 Å². The van der Waals surface area contributed by atoms with Crippen molar-refractivity contribution in [3.63, 3.8) is 0 Å². The van der Waals surface area contributed by atoms with Gasteiger partial charge < -0.3 is 4.74 Å². The topological polar surface area (TPSA) is 39.2 Å². The number of alkyl halides is 7. The zero-order valence-corrected chi connectivity index (χ0v) is 11.4. The van der Waals surface area contributed by atoms with Crippen molar-refractivity contribution in [1.82, 2.24) is 4.98 Å². The molecule has 0 bridgehead atoms. The molecule has 3 nitrogen and oxygen atoms in total. The minimum absolute atomic E-state index is 0.259. The molecule has 1 rings (SSSR count). The van der Waals surface area contributed by atoms with E-state index in [1.165, 1.54) is 0 Å². The highest BCUT2D eigenvalue weighted by Gasteiger charge is 2.39. The molecule has 11 heteroatoms. The average molecular weight is 386 g/mol. The van der Waals surface area contributed by atoms with E-state index in [0.29, 0.717) is 0 Å². The van der Waals surface area contributed by atoms with Gasteiger partial charge in [0.1, 0.15) is 5.69 Å². The van der Waals surface area contributed by atoms with Crippen molar-refractivity contribution in [3.8, 4) is 5.88 Å². The Bertz CT molecular complexity index is 530. The van der Waals surface area contributed by atoms with E-state index in [4.69, 9.17) is 11.6 Å². The molecular formula is C9H3BrClF6NO2. The van der Waals surface area contributed by atoms with Crippen LogP contribution < -0.4 is 4.74 Å². The van der Waals surface area contributed by atoms with E-state index in [2.05, 4.69) is 25.7 Å². The molecule has 0 unspecified atom stereocenters. The number of carbonyl (C=O) groups excluding carboxylic acids is 1. The maximum atomic E-state index is 12.8. The summed E-state index contributed by atoms with van der Waals surface area (Å²) >= 11 is 7.56. The Morgan fingerprint density at radius 1 is 1.30 bits per heavy atom. The number of aromatic nitrogens is 1. The van der Waals surface area contributed by atoms with Crippen LogP contribution in [0, 0.1) is 0 Å². The zero-order chi connectivity index (χ0) is 15.7. The number of rotatable bonds is 3. The summed E-state index contributed by atoms with van der Waals surface area (Å²) < 4.78 is 78.1. The molecule has 1 aromatic rings. The van der Waals surface area contributed by atoms with Gasteiger partial charge in [-0.2, -0.15) is 13.2 Å². The molecule has 112 valence electrons. The predicted molar refractivity (Wildman–Crippen MR) is 58.7 cm³/mol. The minimum Gasteiger partial charge on any atom is -0.388 e. The predicted octanol–water partition coefficient (Wildman–Crippen LogP) is 4.27. The van der Waals surface area contributed by atoms with Gasteiger partial charge in [-0.1, -0.05) is 15.9 Å². The Hall–Kier alpha value is -1.03. The first-order valence-electron chi connectivity index (χ1n) is 4.58. The second-order valence-corrected chi connectivity index (χ2v) is 4.20. The SMILES string of the molecule is O=C(Cl)c1cc(C(F)(F)F)c(CBr)c(OC(F)(F)F)n1. The van der Waals surface area contributed by atoms with Crippen LogP contribution in [0.4, 0.5) is 26.3 Å². The van der Waals surface area contributed by atoms with Crippen LogP contribution in [-0.4, -0.2) is 16.6 Å². The van der Waals surface area contributed by atoms with E-state index < -0.39 is 45.8 Å². The lowest BCUT2D eigenvalue weighted by Crippen LogP contribution is -2.21. The summed E-state index contributed by atoms with van der Waals surface area (Å²) in [5, 5.41) is -2.06. The van der Waals surface area contributed by atoms with E-state index in [9.17, 15) is 31.1 Å². The monoisotopic (exact) mass is 385 g/mol. The van der Waals surface area contributed by atoms with Gasteiger partial charge in [0.05, 0.1) is 5.56 Å². The van der Waals surface area contributed by atoms with Gasteiger partial charge in [-0.05, 0) is 17.7 Å². The molecule has 0 amide bonds. The second kappa shape index (κ2) is 5.76. The third kappa shape index (κ3) is 4.23. The molecule has 20 heavy (non-hydrogen) atoms. The molecular weight excluding hydrogens is 383 g/mol. The van der Waals surface area contributed by atoms with Crippen LogP contribution >= 0.6 is 27.5 Å². The van der Waals surface area contributed by atoms with Crippen molar-refractivity contribution in [3.05, 3.63) is 22.9 Å². The molecule has 0 N–H and O–H groups in total. The van der Waals surface area contributed by atoms with Gasteiger partial charge in [0.25, 0.3) is 5.24 Å². The van der Waals surface area contributed by atoms with Crippen LogP contribution in [0.25, 0.3) is 0 Å². The number of ether oxygens (including phenoxy) is 1. The molecule has 0 fully saturated rings. The molecule has 0 radical (unpaired) electrons. The molecule has 0 aliphatic rings. The quantitative estimate of drug-likeness (QED) is 0.442. The Morgan fingerprint density at radius 3 is 2.20 bits per heavy atom. The number of pyridine rings is 1. The van der Waals surface area contributed by atoms with Gasteiger partial charge in [0.2, 0.25) is 5.88 Å². The standard InChI is InChI=1S/C9H3BrClF6NO2/c10-2-3-4(8(12,13)14)1-5(6(11)19)18-7(3)20-9(15,16)17/h1H,2H2. The van der Waals surface area contributed by atoms with Gasteiger partial charge in [0, 0.05) is 10.9 Å². The van der Waals surface area contributed by atoms with Crippen molar-refractivity contribution in [2.75, 3.05) is 0 Å². The van der Waals surface area contributed by atoms with Crippen LogP contribution in [0.15, 0.2) is 6.07 Å². The maximum absolute atomic E-state index is 12.8. The molecule has 0 atom stereocenters. The average Bonchev–Trinajstić information content (AvgIpc) is 2.24. The molecule has 1 aromatic heterocycles. The lowest BCUT2D eigenvalue weighted by atomic mass is 10.1. The van der Waals surface area contributed by atoms with Gasteiger partial charge in [-0.15, -0.1) is 13.2 Å². The Kier molecular flexibility index (Phi) is 4.90. The van der Waals surface area contributed by atoms with Crippen LogP contribution in [0.2, 0.25) is 0 Å². The maximum Gasteiger partial charge on any atom is 0.574 e. The highest BCUT2D eigenvalue weighted by molar-refractivity contribution is 9.08. The highest BCUT2D eigenvalue weighted by atomic mass is 79.9. The largest absolute Gasteiger partial charge is 0.574 e. The van der Waals surface area contributed by atoms with Crippen molar-refractivity contribution < 1.29 is 35.9 Å². The number of hydrogen-bond donors (Lipinski definition) is 0.